The second-order valence-corrected chi connectivity index (χ2v) is 10.8. The summed E-state index contributed by atoms with van der Waals surface area (Å²) in [5, 5.41) is -0.291. The van der Waals surface area contributed by atoms with Gasteiger partial charge in [0.25, 0.3) is 0 Å². The first-order valence-corrected chi connectivity index (χ1v) is 11.1. The molecule has 2 aromatic rings. The highest BCUT2D eigenvalue weighted by molar-refractivity contribution is 7.92. The van der Waals surface area contributed by atoms with E-state index in [1.54, 1.807) is 25.1 Å². The summed E-state index contributed by atoms with van der Waals surface area (Å²) < 4.78 is 51.8. The average Bonchev–Trinajstić information content (AvgIpc) is 2.44. The standard InChI is InChI=1S/C17H18ClNO4S2/c1-12-3-8-17(13(2)9-12)25(22,23)19-10-16(11-19)24(20,21)15-6-4-14(18)5-7-15/h3-9,16H,10-11H2,1-2H3. The molecule has 8 heteroatoms. The molecule has 0 atom stereocenters. The molecule has 0 saturated carbocycles. The maximum Gasteiger partial charge on any atom is 0.243 e. The van der Waals surface area contributed by atoms with Gasteiger partial charge in [-0.2, -0.15) is 4.31 Å². The number of sulfone groups is 1. The molecule has 1 aliphatic heterocycles. The van der Waals surface area contributed by atoms with E-state index in [-0.39, 0.29) is 22.9 Å². The number of halogens is 1. The van der Waals surface area contributed by atoms with Gasteiger partial charge in [-0.3, -0.25) is 0 Å². The number of hydrogen-bond donors (Lipinski definition) is 0. The van der Waals surface area contributed by atoms with E-state index in [2.05, 4.69) is 0 Å². The minimum absolute atomic E-state index is 0.0411. The molecule has 0 radical (unpaired) electrons. The molecular formula is C17H18ClNO4S2. The fourth-order valence-corrected chi connectivity index (χ4v) is 6.54. The zero-order valence-corrected chi connectivity index (χ0v) is 16.2. The summed E-state index contributed by atoms with van der Waals surface area (Å²) in [6.45, 7) is 3.55. The van der Waals surface area contributed by atoms with Crippen LogP contribution in [0.2, 0.25) is 5.02 Å². The van der Waals surface area contributed by atoms with Gasteiger partial charge in [0.05, 0.1) is 15.0 Å². The van der Waals surface area contributed by atoms with Crippen molar-refractivity contribution in [1.82, 2.24) is 4.31 Å². The van der Waals surface area contributed by atoms with Crippen LogP contribution in [0.15, 0.2) is 52.3 Å². The van der Waals surface area contributed by atoms with Gasteiger partial charge in [0, 0.05) is 18.1 Å². The number of nitrogens with zero attached hydrogens (tertiary/aromatic N) is 1. The smallest absolute Gasteiger partial charge is 0.223 e. The zero-order valence-electron chi connectivity index (χ0n) is 13.8. The summed E-state index contributed by atoms with van der Waals surface area (Å²) in [6.07, 6.45) is 0. The topological polar surface area (TPSA) is 71.5 Å². The molecule has 0 aliphatic carbocycles. The van der Waals surface area contributed by atoms with Crippen LogP contribution in [0.5, 0.6) is 0 Å². The number of hydrogen-bond acceptors (Lipinski definition) is 4. The second-order valence-electron chi connectivity index (χ2n) is 6.21. The molecule has 3 rings (SSSR count). The van der Waals surface area contributed by atoms with Crippen molar-refractivity contribution in [2.45, 2.75) is 28.9 Å². The summed E-state index contributed by atoms with van der Waals surface area (Å²) in [5.74, 6) is 0. The summed E-state index contributed by atoms with van der Waals surface area (Å²) in [7, 11) is -7.26. The lowest BCUT2D eigenvalue weighted by molar-refractivity contribution is 0.309. The molecule has 1 aliphatic rings. The average molecular weight is 400 g/mol. The van der Waals surface area contributed by atoms with Crippen molar-refractivity contribution in [3.05, 3.63) is 58.6 Å². The van der Waals surface area contributed by atoms with Gasteiger partial charge >= 0.3 is 0 Å². The van der Waals surface area contributed by atoms with Crippen LogP contribution in [0.25, 0.3) is 0 Å². The highest BCUT2D eigenvalue weighted by Gasteiger charge is 2.44. The zero-order chi connectivity index (χ0) is 18.4. The van der Waals surface area contributed by atoms with Gasteiger partial charge in [0.2, 0.25) is 10.0 Å². The minimum atomic E-state index is -3.68. The molecular weight excluding hydrogens is 382 g/mol. The second kappa shape index (κ2) is 6.39. The molecule has 5 nitrogen and oxygen atoms in total. The maximum atomic E-state index is 12.7. The van der Waals surface area contributed by atoms with E-state index in [1.807, 2.05) is 6.92 Å². The Bertz CT molecular complexity index is 1010. The maximum absolute atomic E-state index is 12.7. The Morgan fingerprint density at radius 1 is 0.960 bits per heavy atom. The summed E-state index contributed by atoms with van der Waals surface area (Å²) in [6, 6.07) is 11.0. The largest absolute Gasteiger partial charge is 0.243 e. The lowest BCUT2D eigenvalue weighted by atomic mass is 10.2. The highest BCUT2D eigenvalue weighted by atomic mass is 35.5. The molecule has 1 fully saturated rings. The number of sulfonamides is 1. The van der Waals surface area contributed by atoms with Crippen LogP contribution in [0.1, 0.15) is 11.1 Å². The van der Waals surface area contributed by atoms with E-state index in [9.17, 15) is 16.8 Å². The lowest BCUT2D eigenvalue weighted by Gasteiger charge is -2.37. The van der Waals surface area contributed by atoms with Gasteiger partial charge < -0.3 is 0 Å². The van der Waals surface area contributed by atoms with Crippen molar-refractivity contribution in [2.75, 3.05) is 13.1 Å². The van der Waals surface area contributed by atoms with E-state index in [4.69, 9.17) is 11.6 Å². The Hall–Kier alpha value is -1.41. The lowest BCUT2D eigenvalue weighted by Crippen LogP contribution is -2.56. The molecule has 134 valence electrons. The van der Waals surface area contributed by atoms with Crippen LogP contribution in [-0.4, -0.2) is 39.5 Å². The fourth-order valence-electron chi connectivity index (χ4n) is 2.84. The predicted octanol–water partition coefficient (Wildman–Crippen LogP) is 2.80. The summed E-state index contributed by atoms with van der Waals surface area (Å²) in [4.78, 5) is 0.380. The van der Waals surface area contributed by atoms with E-state index >= 15 is 0 Å². The third-order valence-corrected chi connectivity index (χ3v) is 8.69. The Balaban J connectivity index is 1.80. The molecule has 1 heterocycles. The fraction of sp³-hybridized carbons (Fsp3) is 0.294. The number of aryl methyl sites for hydroxylation is 2. The van der Waals surface area contributed by atoms with Crippen molar-refractivity contribution >= 4 is 31.5 Å². The molecule has 0 amide bonds. The molecule has 0 spiro atoms. The van der Waals surface area contributed by atoms with E-state index in [0.717, 1.165) is 5.56 Å². The molecule has 25 heavy (non-hydrogen) atoms. The number of rotatable bonds is 4. The molecule has 0 unspecified atom stereocenters. The van der Waals surface area contributed by atoms with Gasteiger partial charge in [0.1, 0.15) is 0 Å². The van der Waals surface area contributed by atoms with Gasteiger partial charge in [-0.05, 0) is 49.7 Å². The van der Waals surface area contributed by atoms with Gasteiger partial charge in [-0.1, -0.05) is 29.3 Å². The quantitative estimate of drug-likeness (QED) is 0.792. The Morgan fingerprint density at radius 2 is 1.56 bits per heavy atom. The van der Waals surface area contributed by atoms with Crippen LogP contribution < -0.4 is 0 Å². The third-order valence-electron chi connectivity index (χ3n) is 4.34. The van der Waals surface area contributed by atoms with Gasteiger partial charge in [-0.15, -0.1) is 0 Å². The Kier molecular flexibility index (Phi) is 4.70. The van der Waals surface area contributed by atoms with E-state index in [0.29, 0.717) is 10.6 Å². The normalized spacial score (nSPS) is 16.6. The first kappa shape index (κ1) is 18.4. The molecule has 0 N–H and O–H groups in total. The van der Waals surface area contributed by atoms with Crippen LogP contribution in [0.3, 0.4) is 0 Å². The third kappa shape index (κ3) is 3.33. The highest BCUT2D eigenvalue weighted by Crippen LogP contribution is 2.30. The van der Waals surface area contributed by atoms with Gasteiger partial charge in [0.15, 0.2) is 9.84 Å². The minimum Gasteiger partial charge on any atom is -0.223 e. The summed E-state index contributed by atoms with van der Waals surface area (Å²) in [5.41, 5.74) is 1.63. The van der Waals surface area contributed by atoms with Crippen molar-refractivity contribution < 1.29 is 16.8 Å². The van der Waals surface area contributed by atoms with Gasteiger partial charge in [-0.25, -0.2) is 16.8 Å². The van der Waals surface area contributed by atoms with Crippen molar-refractivity contribution in [1.29, 1.82) is 0 Å². The monoisotopic (exact) mass is 399 g/mol. The van der Waals surface area contributed by atoms with Crippen LogP contribution in [0, 0.1) is 13.8 Å². The first-order chi connectivity index (χ1) is 11.6. The first-order valence-electron chi connectivity index (χ1n) is 7.69. The van der Waals surface area contributed by atoms with Crippen LogP contribution >= 0.6 is 11.6 Å². The molecule has 0 aromatic heterocycles. The van der Waals surface area contributed by atoms with Crippen LogP contribution in [-0.2, 0) is 19.9 Å². The Labute approximate surface area is 153 Å². The molecule has 0 bridgehead atoms. The van der Waals surface area contributed by atoms with E-state index in [1.165, 1.54) is 28.6 Å². The van der Waals surface area contributed by atoms with E-state index < -0.39 is 25.1 Å². The predicted molar refractivity (Wildman–Crippen MR) is 97.1 cm³/mol. The molecule has 1 saturated heterocycles. The van der Waals surface area contributed by atoms with Crippen LogP contribution in [0.4, 0.5) is 0 Å². The van der Waals surface area contributed by atoms with Crippen molar-refractivity contribution in [2.24, 2.45) is 0 Å². The number of benzene rings is 2. The molecule has 2 aromatic carbocycles. The Morgan fingerprint density at radius 3 is 2.12 bits per heavy atom. The SMILES string of the molecule is Cc1ccc(S(=O)(=O)N2CC(S(=O)(=O)c3ccc(Cl)cc3)C2)c(C)c1. The summed E-state index contributed by atoms with van der Waals surface area (Å²) >= 11 is 5.78. The van der Waals surface area contributed by atoms with Crippen molar-refractivity contribution in [3.63, 3.8) is 0 Å². The van der Waals surface area contributed by atoms with Crippen molar-refractivity contribution in [3.8, 4) is 0 Å².